The Morgan fingerprint density at radius 2 is 2.07 bits per heavy atom. The van der Waals surface area contributed by atoms with E-state index in [1.807, 2.05) is 42.2 Å². The van der Waals surface area contributed by atoms with E-state index < -0.39 is 0 Å². The van der Waals surface area contributed by atoms with Crippen LogP contribution in [0.4, 0.5) is 5.69 Å². The minimum atomic E-state index is 0.666. The Balaban J connectivity index is 1.36. The summed E-state index contributed by atoms with van der Waals surface area (Å²) in [5.74, 6) is 0.666. The Morgan fingerprint density at radius 1 is 1.19 bits per heavy atom. The number of imidazole rings is 1. The lowest BCUT2D eigenvalue weighted by atomic mass is 10.2. The molecule has 0 bridgehead atoms. The highest BCUT2D eigenvalue weighted by molar-refractivity contribution is 7.13. The third-order valence-electron chi connectivity index (χ3n) is 4.29. The molecule has 27 heavy (non-hydrogen) atoms. The van der Waals surface area contributed by atoms with Gasteiger partial charge in [-0.15, -0.1) is 11.3 Å². The van der Waals surface area contributed by atoms with E-state index in [1.54, 1.807) is 23.8 Å². The van der Waals surface area contributed by atoms with Crippen molar-refractivity contribution in [3.8, 4) is 10.8 Å². The summed E-state index contributed by atoms with van der Waals surface area (Å²) in [4.78, 5) is 11.8. The van der Waals surface area contributed by atoms with Crippen molar-refractivity contribution in [2.45, 2.75) is 6.54 Å². The molecular weight excluding hydrogens is 356 g/mol. The number of nitrogens with zero attached hydrogens (tertiary/aromatic N) is 4. The van der Waals surface area contributed by atoms with Crippen LogP contribution in [0.5, 0.6) is 0 Å². The lowest BCUT2D eigenvalue weighted by Crippen LogP contribution is -2.22. The zero-order valence-electron chi connectivity index (χ0n) is 15.0. The van der Waals surface area contributed by atoms with Crippen LogP contribution >= 0.6 is 11.3 Å². The summed E-state index contributed by atoms with van der Waals surface area (Å²) in [7, 11) is 2.10. The molecule has 3 aromatic heterocycles. The molecule has 4 rings (SSSR count). The average molecular weight is 376 g/mol. The van der Waals surface area contributed by atoms with Crippen LogP contribution in [0, 0.1) is 0 Å². The number of benzene rings is 1. The number of hydrogen-bond donors (Lipinski definition) is 0. The molecule has 0 spiro atoms. The molecule has 0 aliphatic rings. The van der Waals surface area contributed by atoms with Gasteiger partial charge >= 0.3 is 0 Å². The zero-order valence-corrected chi connectivity index (χ0v) is 15.8. The monoisotopic (exact) mass is 376 g/mol. The van der Waals surface area contributed by atoms with Gasteiger partial charge in [0, 0.05) is 38.2 Å². The minimum absolute atomic E-state index is 0.666. The summed E-state index contributed by atoms with van der Waals surface area (Å²) < 4.78 is 7.62. The molecule has 6 heteroatoms. The molecule has 0 atom stereocenters. The van der Waals surface area contributed by atoms with E-state index in [-0.39, 0.29) is 0 Å². The SMILES string of the molecule is CN(CCn1ccnc1)c1ccc(/C=C/c2coc(-c3cccs3)n2)cc1. The van der Waals surface area contributed by atoms with Gasteiger partial charge in [-0.2, -0.15) is 0 Å². The number of rotatable bonds is 7. The van der Waals surface area contributed by atoms with Crippen molar-refractivity contribution >= 4 is 29.2 Å². The molecular formula is C21H20N4OS. The highest BCUT2D eigenvalue weighted by atomic mass is 32.1. The summed E-state index contributed by atoms with van der Waals surface area (Å²) >= 11 is 1.62. The molecule has 0 fully saturated rings. The summed E-state index contributed by atoms with van der Waals surface area (Å²) in [5, 5.41) is 2.02. The third-order valence-corrected chi connectivity index (χ3v) is 5.14. The van der Waals surface area contributed by atoms with Gasteiger partial charge in [0.1, 0.15) is 12.0 Å². The molecule has 0 amide bonds. The van der Waals surface area contributed by atoms with Crippen LogP contribution in [-0.4, -0.2) is 28.1 Å². The number of anilines is 1. The second kappa shape index (κ2) is 8.05. The van der Waals surface area contributed by atoms with Crippen molar-refractivity contribution in [3.05, 3.63) is 78.0 Å². The molecule has 0 N–H and O–H groups in total. The van der Waals surface area contributed by atoms with Crippen molar-refractivity contribution < 1.29 is 4.42 Å². The molecule has 4 aromatic rings. The molecule has 0 aliphatic carbocycles. The van der Waals surface area contributed by atoms with Crippen LogP contribution in [0.3, 0.4) is 0 Å². The van der Waals surface area contributed by atoms with Crippen LogP contribution < -0.4 is 4.90 Å². The Hall–Kier alpha value is -3.12. The second-order valence-electron chi connectivity index (χ2n) is 6.20. The number of thiophene rings is 1. The van der Waals surface area contributed by atoms with Gasteiger partial charge in [0.25, 0.3) is 0 Å². The fraction of sp³-hybridized carbons (Fsp3) is 0.143. The van der Waals surface area contributed by atoms with Crippen molar-refractivity contribution in [2.75, 3.05) is 18.5 Å². The maximum Gasteiger partial charge on any atom is 0.236 e. The largest absolute Gasteiger partial charge is 0.443 e. The van der Waals surface area contributed by atoms with E-state index in [4.69, 9.17) is 4.42 Å². The molecule has 0 radical (unpaired) electrons. The maximum atomic E-state index is 5.54. The van der Waals surface area contributed by atoms with E-state index >= 15 is 0 Å². The van der Waals surface area contributed by atoms with E-state index in [2.05, 4.69) is 50.7 Å². The molecule has 3 heterocycles. The van der Waals surface area contributed by atoms with E-state index in [9.17, 15) is 0 Å². The molecule has 0 saturated carbocycles. The van der Waals surface area contributed by atoms with Crippen LogP contribution in [0.15, 0.2) is 71.2 Å². The lowest BCUT2D eigenvalue weighted by Gasteiger charge is -2.19. The summed E-state index contributed by atoms with van der Waals surface area (Å²) in [5.41, 5.74) is 3.14. The Labute approximate surface area is 162 Å². The molecule has 0 unspecified atom stereocenters. The maximum absolute atomic E-state index is 5.54. The predicted octanol–water partition coefficient (Wildman–Crippen LogP) is 4.91. The van der Waals surface area contributed by atoms with Gasteiger partial charge in [-0.25, -0.2) is 9.97 Å². The average Bonchev–Trinajstić information content (AvgIpc) is 3.47. The van der Waals surface area contributed by atoms with Gasteiger partial charge in [0.15, 0.2) is 0 Å². The first-order chi connectivity index (χ1) is 13.3. The normalized spacial score (nSPS) is 11.3. The Kier molecular flexibility index (Phi) is 5.16. The third kappa shape index (κ3) is 4.35. The Bertz CT molecular complexity index is 985. The fourth-order valence-corrected chi connectivity index (χ4v) is 3.37. The molecule has 136 valence electrons. The standard InChI is InChI=1S/C21H20N4OS/c1-24(12-13-25-11-10-22-16-25)19-8-5-17(6-9-19)4-7-18-15-26-21(23-18)20-3-2-14-27-20/h2-11,14-16H,12-13H2,1H3/b7-4+. The van der Waals surface area contributed by atoms with Gasteiger partial charge in [-0.1, -0.05) is 24.3 Å². The molecule has 0 aliphatic heterocycles. The highest BCUT2D eigenvalue weighted by Crippen LogP contribution is 2.24. The zero-order chi connectivity index (χ0) is 18.5. The van der Waals surface area contributed by atoms with Gasteiger partial charge < -0.3 is 13.9 Å². The predicted molar refractivity (Wildman–Crippen MR) is 111 cm³/mol. The quantitative estimate of drug-likeness (QED) is 0.460. The van der Waals surface area contributed by atoms with Gasteiger partial charge in [0.05, 0.1) is 11.2 Å². The minimum Gasteiger partial charge on any atom is -0.443 e. The van der Waals surface area contributed by atoms with Gasteiger partial charge in [-0.3, -0.25) is 0 Å². The number of hydrogen-bond acceptors (Lipinski definition) is 5. The molecule has 1 aromatic carbocycles. The van der Waals surface area contributed by atoms with Crippen molar-refractivity contribution in [3.63, 3.8) is 0 Å². The van der Waals surface area contributed by atoms with Gasteiger partial charge in [0.2, 0.25) is 5.89 Å². The number of likely N-dealkylation sites (N-methyl/N-ethyl adjacent to an activating group) is 1. The van der Waals surface area contributed by atoms with Crippen LogP contribution in [-0.2, 0) is 6.54 Å². The van der Waals surface area contributed by atoms with E-state index in [1.165, 1.54) is 5.69 Å². The fourth-order valence-electron chi connectivity index (χ4n) is 2.71. The van der Waals surface area contributed by atoms with Crippen molar-refractivity contribution in [1.29, 1.82) is 0 Å². The Morgan fingerprint density at radius 3 is 2.81 bits per heavy atom. The second-order valence-corrected chi connectivity index (χ2v) is 7.15. The van der Waals surface area contributed by atoms with E-state index in [0.29, 0.717) is 5.89 Å². The summed E-state index contributed by atoms with van der Waals surface area (Å²) in [6.45, 7) is 1.84. The lowest BCUT2D eigenvalue weighted by molar-refractivity contribution is 0.576. The van der Waals surface area contributed by atoms with Crippen molar-refractivity contribution in [2.24, 2.45) is 0 Å². The summed E-state index contributed by atoms with van der Waals surface area (Å²) in [6.07, 6.45) is 11.3. The van der Waals surface area contributed by atoms with Crippen LogP contribution in [0.25, 0.3) is 22.9 Å². The first-order valence-electron chi connectivity index (χ1n) is 8.72. The highest BCUT2D eigenvalue weighted by Gasteiger charge is 2.05. The topological polar surface area (TPSA) is 47.1 Å². The van der Waals surface area contributed by atoms with Crippen LogP contribution in [0.2, 0.25) is 0 Å². The van der Waals surface area contributed by atoms with Crippen molar-refractivity contribution in [1.82, 2.24) is 14.5 Å². The molecule has 0 saturated heterocycles. The first kappa shape index (κ1) is 17.3. The number of oxazole rings is 1. The summed E-state index contributed by atoms with van der Waals surface area (Å²) in [6, 6.07) is 12.5. The number of aromatic nitrogens is 3. The first-order valence-corrected chi connectivity index (χ1v) is 9.60. The van der Waals surface area contributed by atoms with Gasteiger partial charge in [-0.05, 0) is 35.2 Å². The van der Waals surface area contributed by atoms with Crippen LogP contribution in [0.1, 0.15) is 11.3 Å². The van der Waals surface area contributed by atoms with E-state index in [0.717, 1.165) is 29.2 Å². The molecule has 5 nitrogen and oxygen atoms in total. The smallest absolute Gasteiger partial charge is 0.236 e.